The van der Waals surface area contributed by atoms with E-state index in [0.717, 1.165) is 12.1 Å². The van der Waals surface area contributed by atoms with Gasteiger partial charge in [0.15, 0.2) is 0 Å². The van der Waals surface area contributed by atoms with Crippen LogP contribution in [0.2, 0.25) is 5.15 Å². The summed E-state index contributed by atoms with van der Waals surface area (Å²) in [5, 5.41) is 2.88. The molecule has 2 heterocycles. The number of nitrogens with zero attached hydrogens (tertiary/aromatic N) is 2. The first-order valence-corrected chi connectivity index (χ1v) is 6.52. The number of hydrogen-bond donors (Lipinski definition) is 0. The van der Waals surface area contributed by atoms with Crippen LogP contribution in [0, 0.1) is 6.92 Å². The molecule has 0 saturated heterocycles. The van der Waals surface area contributed by atoms with Crippen molar-refractivity contribution in [2.24, 2.45) is 0 Å². The van der Waals surface area contributed by atoms with Gasteiger partial charge in [-0.15, -0.1) is 11.3 Å². The Morgan fingerprint density at radius 2 is 2.33 bits per heavy atom. The minimum Gasteiger partial charge on any atom is -0.470 e. The van der Waals surface area contributed by atoms with Crippen LogP contribution < -0.4 is 4.74 Å². The summed E-state index contributed by atoms with van der Waals surface area (Å²) in [6.07, 6.45) is 0.869. The van der Waals surface area contributed by atoms with E-state index >= 15 is 0 Å². The van der Waals surface area contributed by atoms with Gasteiger partial charge < -0.3 is 4.74 Å². The van der Waals surface area contributed by atoms with E-state index in [0.29, 0.717) is 17.0 Å². The summed E-state index contributed by atoms with van der Waals surface area (Å²) in [6, 6.07) is 0. The summed E-state index contributed by atoms with van der Waals surface area (Å²) < 4.78 is 5.46. The fourth-order valence-electron chi connectivity index (χ4n) is 1.10. The predicted octanol–water partition coefficient (Wildman–Crippen LogP) is 3.18. The Balaban J connectivity index is 1.83. The summed E-state index contributed by atoms with van der Waals surface area (Å²) in [7, 11) is 0. The second kappa shape index (κ2) is 4.92. The first kappa shape index (κ1) is 10.9. The van der Waals surface area contributed by atoms with Gasteiger partial charge in [-0.1, -0.05) is 22.9 Å². The lowest BCUT2D eigenvalue weighted by Gasteiger charge is -2.00. The molecule has 0 saturated carbocycles. The third-order valence-corrected chi connectivity index (χ3v) is 3.92. The van der Waals surface area contributed by atoms with Gasteiger partial charge in [-0.05, 0) is 6.92 Å². The van der Waals surface area contributed by atoms with Crippen LogP contribution >= 0.6 is 34.3 Å². The van der Waals surface area contributed by atoms with E-state index in [-0.39, 0.29) is 0 Å². The second-order valence-electron chi connectivity index (χ2n) is 2.90. The molecule has 2 rings (SSSR count). The van der Waals surface area contributed by atoms with Crippen molar-refractivity contribution < 1.29 is 4.74 Å². The standard InChI is InChI=1S/C9H9ClN2OS2/c1-6-7(15-5-11-6)2-3-13-9-12-8(10)4-14-9/h4-5H,2-3H2,1H3. The highest BCUT2D eigenvalue weighted by molar-refractivity contribution is 7.11. The molecule has 2 aromatic heterocycles. The first-order valence-electron chi connectivity index (χ1n) is 4.38. The summed E-state index contributed by atoms with van der Waals surface area (Å²) in [5.74, 6) is 0. The van der Waals surface area contributed by atoms with Crippen LogP contribution in [-0.4, -0.2) is 16.6 Å². The second-order valence-corrected chi connectivity index (χ2v) is 5.04. The first-order chi connectivity index (χ1) is 7.25. The van der Waals surface area contributed by atoms with Crippen LogP contribution in [0.25, 0.3) is 0 Å². The van der Waals surface area contributed by atoms with Crippen molar-refractivity contribution in [2.45, 2.75) is 13.3 Å². The van der Waals surface area contributed by atoms with Crippen LogP contribution in [0.4, 0.5) is 0 Å². The van der Waals surface area contributed by atoms with Crippen molar-refractivity contribution in [3.05, 3.63) is 26.6 Å². The van der Waals surface area contributed by atoms with Crippen LogP contribution in [0.1, 0.15) is 10.6 Å². The average molecular weight is 261 g/mol. The van der Waals surface area contributed by atoms with Crippen molar-refractivity contribution in [3.8, 4) is 5.19 Å². The number of aryl methyl sites for hydroxylation is 1. The average Bonchev–Trinajstić information content (AvgIpc) is 2.77. The van der Waals surface area contributed by atoms with E-state index in [9.17, 15) is 0 Å². The molecule has 0 radical (unpaired) electrons. The van der Waals surface area contributed by atoms with Gasteiger partial charge in [0, 0.05) is 16.7 Å². The summed E-state index contributed by atoms with van der Waals surface area (Å²) in [6.45, 7) is 2.62. The molecule has 2 aromatic rings. The van der Waals surface area contributed by atoms with Crippen molar-refractivity contribution in [3.63, 3.8) is 0 Å². The fraction of sp³-hybridized carbons (Fsp3) is 0.333. The zero-order chi connectivity index (χ0) is 10.7. The molecule has 6 heteroatoms. The number of aromatic nitrogens is 2. The van der Waals surface area contributed by atoms with Gasteiger partial charge in [0.2, 0.25) is 0 Å². The number of rotatable bonds is 4. The molecule has 0 fully saturated rings. The Kier molecular flexibility index (Phi) is 3.56. The summed E-state index contributed by atoms with van der Waals surface area (Å²) >= 11 is 8.74. The predicted molar refractivity (Wildman–Crippen MR) is 63.2 cm³/mol. The van der Waals surface area contributed by atoms with Gasteiger partial charge in [0.25, 0.3) is 5.19 Å². The Bertz CT molecular complexity index is 441. The Morgan fingerprint density at radius 1 is 1.47 bits per heavy atom. The number of hydrogen-bond acceptors (Lipinski definition) is 5. The molecule has 0 aromatic carbocycles. The zero-order valence-corrected chi connectivity index (χ0v) is 10.5. The maximum Gasteiger partial charge on any atom is 0.274 e. The quantitative estimate of drug-likeness (QED) is 0.847. The lowest BCUT2D eigenvalue weighted by atomic mass is 10.3. The topological polar surface area (TPSA) is 35.0 Å². The molecule has 15 heavy (non-hydrogen) atoms. The Labute approximate surface area is 101 Å². The lowest BCUT2D eigenvalue weighted by molar-refractivity contribution is 0.321. The van der Waals surface area contributed by atoms with Gasteiger partial charge >= 0.3 is 0 Å². The molecule has 0 unspecified atom stereocenters. The monoisotopic (exact) mass is 260 g/mol. The largest absolute Gasteiger partial charge is 0.470 e. The number of halogens is 1. The molecule has 0 aliphatic rings. The molecule has 0 amide bonds. The maximum absolute atomic E-state index is 5.68. The highest BCUT2D eigenvalue weighted by atomic mass is 35.5. The van der Waals surface area contributed by atoms with Gasteiger partial charge in [0.05, 0.1) is 17.8 Å². The highest BCUT2D eigenvalue weighted by Crippen LogP contribution is 2.21. The normalized spacial score (nSPS) is 10.5. The smallest absolute Gasteiger partial charge is 0.274 e. The Hall–Kier alpha value is -0.650. The summed E-state index contributed by atoms with van der Waals surface area (Å²) in [5.41, 5.74) is 2.94. The molecule has 0 atom stereocenters. The molecule has 0 aliphatic heterocycles. The van der Waals surface area contributed by atoms with Crippen molar-refractivity contribution >= 4 is 34.3 Å². The molecular weight excluding hydrogens is 252 g/mol. The third-order valence-electron chi connectivity index (χ3n) is 1.85. The van der Waals surface area contributed by atoms with E-state index < -0.39 is 0 Å². The maximum atomic E-state index is 5.68. The van der Waals surface area contributed by atoms with E-state index in [1.165, 1.54) is 16.2 Å². The third kappa shape index (κ3) is 2.90. The fourth-order valence-corrected chi connectivity index (χ4v) is 2.68. The SMILES string of the molecule is Cc1ncsc1CCOc1nc(Cl)cs1. The highest BCUT2D eigenvalue weighted by Gasteiger charge is 2.03. The number of ether oxygens (including phenoxy) is 1. The molecule has 0 spiro atoms. The van der Waals surface area contributed by atoms with E-state index in [1.807, 2.05) is 12.4 Å². The van der Waals surface area contributed by atoms with Gasteiger partial charge in [0.1, 0.15) is 5.15 Å². The Morgan fingerprint density at radius 3 is 2.93 bits per heavy atom. The minimum absolute atomic E-state index is 0.490. The van der Waals surface area contributed by atoms with E-state index in [1.54, 1.807) is 16.7 Å². The van der Waals surface area contributed by atoms with Crippen LogP contribution in [0.15, 0.2) is 10.9 Å². The van der Waals surface area contributed by atoms with Gasteiger partial charge in [-0.3, -0.25) is 0 Å². The van der Waals surface area contributed by atoms with Gasteiger partial charge in [-0.2, -0.15) is 4.98 Å². The number of thiazole rings is 2. The van der Waals surface area contributed by atoms with Crippen LogP contribution in [-0.2, 0) is 6.42 Å². The molecule has 0 aliphatic carbocycles. The minimum atomic E-state index is 0.490. The zero-order valence-electron chi connectivity index (χ0n) is 8.07. The van der Waals surface area contributed by atoms with Crippen molar-refractivity contribution in [2.75, 3.05) is 6.61 Å². The lowest BCUT2D eigenvalue weighted by Crippen LogP contribution is -2.00. The molecule has 0 N–H and O–H groups in total. The van der Waals surface area contributed by atoms with Crippen LogP contribution in [0.5, 0.6) is 5.19 Å². The van der Waals surface area contributed by atoms with Crippen molar-refractivity contribution in [1.82, 2.24) is 9.97 Å². The van der Waals surface area contributed by atoms with Crippen molar-refractivity contribution in [1.29, 1.82) is 0 Å². The summed E-state index contributed by atoms with van der Waals surface area (Å²) in [4.78, 5) is 9.44. The van der Waals surface area contributed by atoms with Gasteiger partial charge in [-0.25, -0.2) is 4.98 Å². The molecular formula is C9H9ClN2OS2. The van der Waals surface area contributed by atoms with E-state index in [2.05, 4.69) is 9.97 Å². The molecule has 0 bridgehead atoms. The van der Waals surface area contributed by atoms with Crippen LogP contribution in [0.3, 0.4) is 0 Å². The van der Waals surface area contributed by atoms with E-state index in [4.69, 9.17) is 16.3 Å². The molecule has 80 valence electrons. The molecule has 3 nitrogen and oxygen atoms in total.